The summed E-state index contributed by atoms with van der Waals surface area (Å²) >= 11 is 0. The molecule has 1 saturated heterocycles. The smallest absolute Gasteiger partial charge is 0.240 e. The van der Waals surface area contributed by atoms with Crippen molar-refractivity contribution in [3.63, 3.8) is 0 Å². The van der Waals surface area contributed by atoms with Crippen LogP contribution in [0.5, 0.6) is 0 Å². The Hall–Kier alpha value is -0.910. The Bertz CT molecular complexity index is 690. The first-order chi connectivity index (χ1) is 13.0. The maximum atomic E-state index is 12.3. The summed E-state index contributed by atoms with van der Waals surface area (Å²) in [6, 6.07) is 6.71. The molecule has 1 heterocycles. The van der Waals surface area contributed by atoms with Gasteiger partial charge in [0.05, 0.1) is 17.5 Å². The average Bonchev–Trinajstić information content (AvgIpc) is 3.19. The van der Waals surface area contributed by atoms with E-state index in [1.54, 1.807) is 24.3 Å². The molecule has 0 radical (unpaired) electrons. The summed E-state index contributed by atoms with van der Waals surface area (Å²) < 4.78 is 32.7. The number of ether oxygens (including phenoxy) is 1. The standard InChI is InChI=1S/C19H32N4O3S.HI/c1-2-3-4-5-12-21-19(20)22-14-16-8-10-18(11-9-16)27(24,25)23-15-17-7-6-13-26-17;/h8-11,17,23H,2-7,12-15H2,1H3,(H3,20,21,22);1H. The number of rotatable bonds is 11. The number of aliphatic imine (C=N–C) groups is 1. The summed E-state index contributed by atoms with van der Waals surface area (Å²) in [6.07, 6.45) is 6.57. The van der Waals surface area contributed by atoms with E-state index in [2.05, 4.69) is 22.0 Å². The summed E-state index contributed by atoms with van der Waals surface area (Å²) in [5, 5.41) is 3.10. The van der Waals surface area contributed by atoms with Crippen molar-refractivity contribution in [1.82, 2.24) is 10.0 Å². The molecular formula is C19H33IN4O3S. The van der Waals surface area contributed by atoms with Crippen molar-refractivity contribution in [3.8, 4) is 0 Å². The molecule has 0 saturated carbocycles. The van der Waals surface area contributed by atoms with E-state index in [0.29, 0.717) is 25.7 Å². The number of nitrogens with one attached hydrogen (secondary N) is 2. The quantitative estimate of drug-likeness (QED) is 0.179. The first-order valence-electron chi connectivity index (χ1n) is 9.75. The van der Waals surface area contributed by atoms with Gasteiger partial charge < -0.3 is 15.8 Å². The summed E-state index contributed by atoms with van der Waals surface area (Å²) in [5.74, 6) is 0.418. The molecule has 2 rings (SSSR count). The van der Waals surface area contributed by atoms with Gasteiger partial charge in [-0.1, -0.05) is 38.3 Å². The van der Waals surface area contributed by atoms with Gasteiger partial charge >= 0.3 is 0 Å². The lowest BCUT2D eigenvalue weighted by Crippen LogP contribution is -2.32. The van der Waals surface area contributed by atoms with Crippen molar-refractivity contribution in [2.45, 2.75) is 63.0 Å². The number of halogens is 1. The van der Waals surface area contributed by atoms with Gasteiger partial charge in [-0.05, 0) is 37.0 Å². The van der Waals surface area contributed by atoms with E-state index in [0.717, 1.165) is 31.4 Å². The molecule has 7 nitrogen and oxygen atoms in total. The zero-order valence-corrected chi connectivity index (χ0v) is 19.7. The van der Waals surface area contributed by atoms with Gasteiger partial charge in [0.1, 0.15) is 0 Å². The molecule has 4 N–H and O–H groups in total. The molecule has 0 spiro atoms. The maximum Gasteiger partial charge on any atom is 0.240 e. The summed E-state index contributed by atoms with van der Waals surface area (Å²) in [4.78, 5) is 4.54. The van der Waals surface area contributed by atoms with Crippen LogP contribution in [0.2, 0.25) is 0 Å². The van der Waals surface area contributed by atoms with E-state index < -0.39 is 10.0 Å². The average molecular weight is 524 g/mol. The Morgan fingerprint density at radius 3 is 2.64 bits per heavy atom. The Morgan fingerprint density at radius 1 is 1.25 bits per heavy atom. The SMILES string of the molecule is CCCCCCNC(N)=NCc1ccc(S(=O)(=O)NCC2CCCO2)cc1.I. The number of sulfonamides is 1. The number of nitrogens with zero attached hydrogens (tertiary/aromatic N) is 1. The molecule has 160 valence electrons. The second-order valence-electron chi connectivity index (χ2n) is 6.82. The van der Waals surface area contributed by atoms with E-state index in [1.165, 1.54) is 19.3 Å². The van der Waals surface area contributed by atoms with Gasteiger partial charge in [0.2, 0.25) is 10.0 Å². The van der Waals surface area contributed by atoms with Crippen molar-refractivity contribution < 1.29 is 13.2 Å². The number of nitrogens with two attached hydrogens (primary N) is 1. The van der Waals surface area contributed by atoms with Crippen molar-refractivity contribution in [2.24, 2.45) is 10.7 Å². The molecule has 1 aliphatic heterocycles. The van der Waals surface area contributed by atoms with Crippen LogP contribution in [-0.2, 0) is 21.3 Å². The van der Waals surface area contributed by atoms with Crippen molar-refractivity contribution in [2.75, 3.05) is 19.7 Å². The van der Waals surface area contributed by atoms with Crippen LogP contribution in [0.1, 0.15) is 51.0 Å². The molecule has 1 unspecified atom stereocenters. The van der Waals surface area contributed by atoms with E-state index in [4.69, 9.17) is 10.5 Å². The lowest BCUT2D eigenvalue weighted by Gasteiger charge is -2.11. The normalized spacial score (nSPS) is 17.3. The number of hydrogen-bond acceptors (Lipinski definition) is 4. The van der Waals surface area contributed by atoms with Gasteiger partial charge in [0.15, 0.2) is 5.96 Å². The van der Waals surface area contributed by atoms with Crippen LogP contribution in [0, 0.1) is 0 Å². The van der Waals surface area contributed by atoms with E-state index >= 15 is 0 Å². The summed E-state index contributed by atoms with van der Waals surface area (Å²) in [7, 11) is -3.52. The fourth-order valence-corrected chi connectivity index (χ4v) is 3.93. The maximum absolute atomic E-state index is 12.3. The molecule has 0 aliphatic carbocycles. The number of benzene rings is 1. The van der Waals surface area contributed by atoms with E-state index in [-0.39, 0.29) is 35.0 Å². The second-order valence-corrected chi connectivity index (χ2v) is 8.59. The monoisotopic (exact) mass is 524 g/mol. The molecule has 1 aromatic rings. The molecule has 0 bridgehead atoms. The zero-order chi connectivity index (χ0) is 19.5. The molecule has 9 heteroatoms. The van der Waals surface area contributed by atoms with Gasteiger partial charge in [-0.3, -0.25) is 0 Å². The van der Waals surface area contributed by atoms with Crippen LogP contribution in [0.4, 0.5) is 0 Å². The van der Waals surface area contributed by atoms with E-state index in [9.17, 15) is 8.42 Å². The van der Waals surface area contributed by atoms with Crippen LogP contribution in [0.25, 0.3) is 0 Å². The minimum Gasteiger partial charge on any atom is -0.377 e. The van der Waals surface area contributed by atoms with Gasteiger partial charge in [-0.15, -0.1) is 24.0 Å². The molecule has 0 amide bonds. The third kappa shape index (κ3) is 9.06. The predicted octanol–water partition coefficient (Wildman–Crippen LogP) is 2.75. The highest BCUT2D eigenvalue weighted by atomic mass is 127. The molecule has 1 aliphatic rings. The van der Waals surface area contributed by atoms with Gasteiger partial charge in [-0.2, -0.15) is 0 Å². The number of hydrogen-bond donors (Lipinski definition) is 3. The molecule has 1 atom stereocenters. The Labute approximate surface area is 186 Å². The lowest BCUT2D eigenvalue weighted by molar-refractivity contribution is 0.114. The Kier molecular flexibility index (Phi) is 12.0. The van der Waals surface area contributed by atoms with Crippen molar-refractivity contribution >= 4 is 40.0 Å². The first-order valence-corrected chi connectivity index (χ1v) is 11.2. The highest BCUT2D eigenvalue weighted by Gasteiger charge is 2.20. The van der Waals surface area contributed by atoms with Gasteiger partial charge in [0.25, 0.3) is 0 Å². The Morgan fingerprint density at radius 2 is 2.00 bits per heavy atom. The topological polar surface area (TPSA) is 106 Å². The molecule has 0 aromatic heterocycles. The number of unbranched alkanes of at least 4 members (excludes halogenated alkanes) is 3. The van der Waals surface area contributed by atoms with Gasteiger partial charge in [-0.25, -0.2) is 18.1 Å². The van der Waals surface area contributed by atoms with Crippen LogP contribution in [0.15, 0.2) is 34.2 Å². The van der Waals surface area contributed by atoms with Crippen LogP contribution >= 0.6 is 24.0 Å². The lowest BCUT2D eigenvalue weighted by atomic mass is 10.2. The molecule has 1 aromatic carbocycles. The summed E-state index contributed by atoms with van der Waals surface area (Å²) in [6.45, 7) is 4.44. The van der Waals surface area contributed by atoms with Gasteiger partial charge in [0, 0.05) is 19.7 Å². The van der Waals surface area contributed by atoms with Crippen LogP contribution in [0.3, 0.4) is 0 Å². The molecule has 28 heavy (non-hydrogen) atoms. The van der Waals surface area contributed by atoms with Crippen molar-refractivity contribution in [3.05, 3.63) is 29.8 Å². The highest BCUT2D eigenvalue weighted by molar-refractivity contribution is 14.0. The predicted molar refractivity (Wildman–Crippen MR) is 123 cm³/mol. The second kappa shape index (κ2) is 13.3. The minimum absolute atomic E-state index is 0. The third-order valence-corrected chi connectivity index (χ3v) is 5.97. The fraction of sp³-hybridized carbons (Fsp3) is 0.632. The largest absolute Gasteiger partial charge is 0.377 e. The molecular weight excluding hydrogens is 491 g/mol. The zero-order valence-electron chi connectivity index (χ0n) is 16.5. The third-order valence-electron chi connectivity index (χ3n) is 4.53. The summed E-state index contributed by atoms with van der Waals surface area (Å²) in [5.41, 5.74) is 6.76. The fourth-order valence-electron chi connectivity index (χ4n) is 2.87. The van der Waals surface area contributed by atoms with Crippen molar-refractivity contribution in [1.29, 1.82) is 0 Å². The Balaban J connectivity index is 0.00000392. The van der Waals surface area contributed by atoms with Crippen LogP contribution < -0.4 is 15.8 Å². The highest BCUT2D eigenvalue weighted by Crippen LogP contribution is 2.14. The number of guanidine groups is 1. The molecule has 1 fully saturated rings. The van der Waals surface area contributed by atoms with Crippen LogP contribution in [-0.4, -0.2) is 40.2 Å². The minimum atomic E-state index is -3.52. The first kappa shape index (κ1) is 25.1. The van der Waals surface area contributed by atoms with E-state index in [1.807, 2.05) is 0 Å².